The second-order valence-corrected chi connectivity index (χ2v) is 6.86. The minimum atomic E-state index is -0.294. The van der Waals surface area contributed by atoms with Crippen LogP contribution in [0.2, 0.25) is 0 Å². The van der Waals surface area contributed by atoms with Gasteiger partial charge in [0.05, 0.1) is 30.2 Å². The zero-order valence-electron chi connectivity index (χ0n) is 15.7. The van der Waals surface area contributed by atoms with Crippen LogP contribution in [0.25, 0.3) is 22.0 Å². The molecule has 0 aliphatic rings. The first-order chi connectivity index (χ1) is 12.9. The normalized spacial score (nSPS) is 11.9. The lowest BCUT2D eigenvalue weighted by Gasteiger charge is -2.09. The molecule has 0 fully saturated rings. The summed E-state index contributed by atoms with van der Waals surface area (Å²) in [6, 6.07) is 11.4. The quantitative estimate of drug-likeness (QED) is 0.686. The predicted molar refractivity (Wildman–Crippen MR) is 110 cm³/mol. The lowest BCUT2D eigenvalue weighted by molar-refractivity contribution is 0.355. The number of hydrogen-bond acceptors (Lipinski definition) is 4. The number of hydrogen-bond donors (Lipinski definition) is 1. The third kappa shape index (κ3) is 3.98. The van der Waals surface area contributed by atoms with E-state index in [1.165, 1.54) is 19.8 Å². The van der Waals surface area contributed by atoms with Gasteiger partial charge >= 0.3 is 0 Å². The van der Waals surface area contributed by atoms with Gasteiger partial charge in [-0.3, -0.25) is 4.79 Å². The molecule has 0 unspecified atom stereocenters. The maximum absolute atomic E-state index is 12.5. The molecule has 5 nitrogen and oxygen atoms in total. The summed E-state index contributed by atoms with van der Waals surface area (Å²) >= 11 is 6.42. The number of fused-ring (bicyclic) bond motifs is 1. The monoisotopic (exact) mass is 384 g/mol. The Morgan fingerprint density at radius 1 is 1.11 bits per heavy atom. The molecule has 3 aromatic rings. The summed E-state index contributed by atoms with van der Waals surface area (Å²) in [4.78, 5) is 19.7. The summed E-state index contributed by atoms with van der Waals surface area (Å²) in [7, 11) is 3.05. The Hall–Kier alpha value is -2.79. The average molecular weight is 385 g/mol. The van der Waals surface area contributed by atoms with Gasteiger partial charge in [0, 0.05) is 6.07 Å². The Morgan fingerprint density at radius 2 is 1.74 bits per heavy atom. The molecule has 1 aromatic heterocycles. The first-order valence-corrected chi connectivity index (χ1v) is 8.94. The van der Waals surface area contributed by atoms with E-state index in [1.807, 2.05) is 12.1 Å². The molecule has 140 valence electrons. The highest BCUT2D eigenvalue weighted by atomic mass is 35.5. The molecule has 0 radical (unpaired) electrons. The third-order valence-electron chi connectivity index (χ3n) is 4.33. The van der Waals surface area contributed by atoms with Crippen LogP contribution < -0.4 is 15.0 Å². The second-order valence-electron chi connectivity index (χ2n) is 6.45. The number of nitrogens with zero attached hydrogens (tertiary/aromatic N) is 1. The number of H-pyrrole nitrogens is 1. The van der Waals surface area contributed by atoms with Crippen molar-refractivity contribution in [1.82, 2.24) is 9.97 Å². The van der Waals surface area contributed by atoms with E-state index >= 15 is 0 Å². The summed E-state index contributed by atoms with van der Waals surface area (Å²) in [5, 5.41) is 0.753. The largest absolute Gasteiger partial charge is 0.493 e. The molecule has 0 saturated carbocycles. The Labute approximate surface area is 162 Å². The molecule has 0 spiro atoms. The van der Waals surface area contributed by atoms with Crippen LogP contribution in [0.5, 0.6) is 11.5 Å². The standard InChI is InChI=1S/C21H21ClN2O3/c1-12(2)14-7-5-13(6-8-14)9-16(22)20-23-17-11-19(27-4)18(26-3)10-15(17)21(25)24-20/h5-12H,1-4H3,(H,23,24,25). The van der Waals surface area contributed by atoms with Gasteiger partial charge in [-0.05, 0) is 29.2 Å². The maximum atomic E-state index is 12.5. The molecule has 2 aromatic carbocycles. The molecular weight excluding hydrogens is 364 g/mol. The van der Waals surface area contributed by atoms with Crippen molar-refractivity contribution in [1.29, 1.82) is 0 Å². The first-order valence-electron chi connectivity index (χ1n) is 8.56. The molecule has 0 bridgehead atoms. The molecule has 0 aliphatic carbocycles. The number of aromatic amines is 1. The Bertz CT molecular complexity index is 1050. The highest BCUT2D eigenvalue weighted by Crippen LogP contribution is 2.30. The van der Waals surface area contributed by atoms with Crippen molar-refractivity contribution in [3.05, 3.63) is 63.7 Å². The topological polar surface area (TPSA) is 64.2 Å². The van der Waals surface area contributed by atoms with Crippen LogP contribution in [0.15, 0.2) is 41.2 Å². The fraction of sp³-hybridized carbons (Fsp3) is 0.238. The van der Waals surface area contributed by atoms with Gasteiger partial charge in [-0.2, -0.15) is 0 Å². The van der Waals surface area contributed by atoms with E-state index in [-0.39, 0.29) is 5.56 Å². The Morgan fingerprint density at radius 3 is 2.33 bits per heavy atom. The molecule has 0 atom stereocenters. The van der Waals surface area contributed by atoms with Gasteiger partial charge in [-0.15, -0.1) is 0 Å². The SMILES string of the molecule is COc1cc2nc(C(Cl)=Cc3ccc(C(C)C)cc3)[nH]c(=O)c2cc1OC. The molecule has 0 saturated heterocycles. The van der Waals surface area contributed by atoms with E-state index in [9.17, 15) is 4.79 Å². The summed E-state index contributed by atoms with van der Waals surface area (Å²) in [6.45, 7) is 4.29. The summed E-state index contributed by atoms with van der Waals surface area (Å²) in [6.07, 6.45) is 1.77. The van der Waals surface area contributed by atoms with Crippen molar-refractivity contribution in [3.8, 4) is 11.5 Å². The second kappa shape index (κ2) is 7.84. The molecule has 1 heterocycles. The highest BCUT2D eigenvalue weighted by molar-refractivity contribution is 6.50. The minimum absolute atomic E-state index is 0.294. The molecule has 0 amide bonds. The van der Waals surface area contributed by atoms with Gasteiger partial charge in [-0.25, -0.2) is 4.98 Å². The van der Waals surface area contributed by atoms with Crippen LogP contribution in [0.4, 0.5) is 0 Å². The number of ether oxygens (including phenoxy) is 2. The zero-order chi connectivity index (χ0) is 19.6. The molecule has 6 heteroatoms. The van der Waals surface area contributed by atoms with Crippen molar-refractivity contribution in [3.63, 3.8) is 0 Å². The number of benzene rings is 2. The average Bonchev–Trinajstić information content (AvgIpc) is 2.67. The van der Waals surface area contributed by atoms with Gasteiger partial charge < -0.3 is 14.5 Å². The fourth-order valence-electron chi connectivity index (χ4n) is 2.77. The Balaban J connectivity index is 2.04. The van der Waals surface area contributed by atoms with E-state index in [0.717, 1.165) is 5.56 Å². The van der Waals surface area contributed by atoms with Gasteiger partial charge in [0.15, 0.2) is 17.3 Å². The maximum Gasteiger partial charge on any atom is 0.259 e. The van der Waals surface area contributed by atoms with E-state index in [0.29, 0.717) is 39.2 Å². The van der Waals surface area contributed by atoms with Gasteiger partial charge in [0.1, 0.15) is 0 Å². The number of nitrogens with one attached hydrogen (secondary N) is 1. The van der Waals surface area contributed by atoms with E-state index in [2.05, 4.69) is 35.9 Å². The fourth-order valence-corrected chi connectivity index (χ4v) is 2.99. The van der Waals surface area contributed by atoms with E-state index < -0.39 is 0 Å². The smallest absolute Gasteiger partial charge is 0.259 e. The van der Waals surface area contributed by atoms with Gasteiger partial charge in [0.2, 0.25) is 0 Å². The van der Waals surface area contributed by atoms with Crippen LogP contribution in [0, 0.1) is 0 Å². The first kappa shape index (κ1) is 19.0. The molecule has 27 heavy (non-hydrogen) atoms. The molecule has 1 N–H and O–H groups in total. The number of aromatic nitrogens is 2. The van der Waals surface area contributed by atoms with Crippen LogP contribution in [-0.4, -0.2) is 24.2 Å². The number of methoxy groups -OCH3 is 2. The third-order valence-corrected chi connectivity index (χ3v) is 4.62. The minimum Gasteiger partial charge on any atom is -0.493 e. The summed E-state index contributed by atoms with van der Waals surface area (Å²) < 4.78 is 10.5. The van der Waals surface area contributed by atoms with Crippen LogP contribution in [0.1, 0.15) is 36.7 Å². The van der Waals surface area contributed by atoms with Gasteiger partial charge in [0.25, 0.3) is 5.56 Å². The van der Waals surface area contributed by atoms with E-state index in [4.69, 9.17) is 21.1 Å². The number of rotatable bonds is 5. The lowest BCUT2D eigenvalue weighted by atomic mass is 10.0. The molecule has 3 rings (SSSR count). The van der Waals surface area contributed by atoms with Crippen molar-refractivity contribution in [2.45, 2.75) is 19.8 Å². The highest BCUT2D eigenvalue weighted by Gasteiger charge is 2.12. The Kier molecular flexibility index (Phi) is 5.51. The number of halogens is 1. The van der Waals surface area contributed by atoms with Crippen molar-refractivity contribution in [2.24, 2.45) is 0 Å². The summed E-state index contributed by atoms with van der Waals surface area (Å²) in [5.41, 5.74) is 2.37. The predicted octanol–water partition coefficient (Wildman–Crippen LogP) is 4.80. The van der Waals surface area contributed by atoms with Gasteiger partial charge in [-0.1, -0.05) is 49.7 Å². The van der Waals surface area contributed by atoms with Crippen molar-refractivity contribution in [2.75, 3.05) is 14.2 Å². The van der Waals surface area contributed by atoms with E-state index in [1.54, 1.807) is 18.2 Å². The zero-order valence-corrected chi connectivity index (χ0v) is 16.4. The molecular formula is C21H21ClN2O3. The molecule has 0 aliphatic heterocycles. The van der Waals surface area contributed by atoms with Crippen LogP contribution in [-0.2, 0) is 0 Å². The van der Waals surface area contributed by atoms with Crippen LogP contribution >= 0.6 is 11.6 Å². The van der Waals surface area contributed by atoms with Crippen molar-refractivity contribution < 1.29 is 9.47 Å². The summed E-state index contributed by atoms with van der Waals surface area (Å²) in [5.74, 6) is 1.73. The van der Waals surface area contributed by atoms with Crippen molar-refractivity contribution >= 4 is 33.6 Å². The van der Waals surface area contributed by atoms with Crippen LogP contribution in [0.3, 0.4) is 0 Å². The lowest BCUT2D eigenvalue weighted by Crippen LogP contribution is -2.11.